The molecule has 0 aliphatic carbocycles. The highest BCUT2D eigenvalue weighted by Gasteiger charge is 2.20. The Bertz CT molecular complexity index is 1180. The van der Waals surface area contributed by atoms with Crippen LogP contribution in [0, 0.1) is 12.3 Å². The summed E-state index contributed by atoms with van der Waals surface area (Å²) < 4.78 is 13.9. The Morgan fingerprint density at radius 3 is 2.52 bits per heavy atom. The van der Waals surface area contributed by atoms with E-state index in [2.05, 4.69) is 31.0 Å². The molecule has 0 radical (unpaired) electrons. The zero-order valence-corrected chi connectivity index (χ0v) is 20.5. The van der Waals surface area contributed by atoms with Crippen LogP contribution in [0.1, 0.15) is 55.6 Å². The molecule has 10 heteroatoms. The standard InChI is InChI=1S/C23H31N5O4.ClH/c1-6-31-20-10-15(2)21-26-27(22(24)28(21)25-20)14-19(30)16-11-17(23(3,4)5)13-18(12-16)32-9-7-8-29;/h10-13,24,29H,6-9,14H2,1-5H3;1H. The van der Waals surface area contributed by atoms with Crippen LogP contribution < -0.4 is 15.1 Å². The summed E-state index contributed by atoms with van der Waals surface area (Å²) in [5.41, 5.74) is 2.57. The normalized spacial score (nSPS) is 11.3. The van der Waals surface area contributed by atoms with Crippen LogP contribution in [0.4, 0.5) is 0 Å². The maximum atomic E-state index is 13.2. The van der Waals surface area contributed by atoms with Crippen LogP contribution in [0.3, 0.4) is 0 Å². The van der Waals surface area contributed by atoms with Crippen LogP contribution in [-0.4, -0.2) is 50.1 Å². The van der Waals surface area contributed by atoms with Crippen molar-refractivity contribution in [2.24, 2.45) is 0 Å². The third kappa shape index (κ3) is 6.11. The molecule has 3 aromatic rings. The third-order valence-electron chi connectivity index (χ3n) is 5.00. The summed E-state index contributed by atoms with van der Waals surface area (Å²) >= 11 is 0. The first-order valence-electron chi connectivity index (χ1n) is 10.7. The zero-order chi connectivity index (χ0) is 23.5. The van der Waals surface area contributed by atoms with Gasteiger partial charge in [0.2, 0.25) is 11.5 Å². The van der Waals surface area contributed by atoms with Gasteiger partial charge in [-0.1, -0.05) is 20.8 Å². The number of rotatable bonds is 9. The van der Waals surface area contributed by atoms with Crippen LogP contribution in [0.15, 0.2) is 24.3 Å². The fraction of sp³-hybridized carbons (Fsp3) is 0.478. The van der Waals surface area contributed by atoms with E-state index in [9.17, 15) is 4.79 Å². The summed E-state index contributed by atoms with van der Waals surface area (Å²) in [5, 5.41) is 26.2. The molecule has 0 bridgehead atoms. The number of carbonyl (C=O) groups is 1. The molecule has 0 spiro atoms. The maximum absolute atomic E-state index is 13.2. The second kappa shape index (κ2) is 10.8. The number of aliphatic hydroxyl groups is 1. The third-order valence-corrected chi connectivity index (χ3v) is 5.00. The second-order valence-corrected chi connectivity index (χ2v) is 8.66. The van der Waals surface area contributed by atoms with Gasteiger partial charge in [0, 0.05) is 30.2 Å². The number of aryl methyl sites for hydroxylation is 1. The molecule has 180 valence electrons. The Labute approximate surface area is 199 Å². The number of benzene rings is 1. The Morgan fingerprint density at radius 2 is 1.88 bits per heavy atom. The van der Waals surface area contributed by atoms with E-state index in [1.54, 1.807) is 12.1 Å². The number of halogens is 1. The molecular weight excluding hydrogens is 446 g/mol. The highest BCUT2D eigenvalue weighted by molar-refractivity contribution is 5.96. The molecule has 3 rings (SSSR count). The quantitative estimate of drug-likeness (QED) is 0.361. The summed E-state index contributed by atoms with van der Waals surface area (Å²) in [6.07, 6.45) is 0.512. The van der Waals surface area contributed by atoms with Gasteiger partial charge in [-0.25, -0.2) is 4.68 Å². The molecule has 1 aromatic carbocycles. The topological polar surface area (TPSA) is 115 Å². The number of Topliss-reactive ketones (excluding diaryl/α,β-unsaturated/α-hetero) is 1. The molecule has 9 nitrogen and oxygen atoms in total. The first-order valence-corrected chi connectivity index (χ1v) is 10.7. The van der Waals surface area contributed by atoms with Gasteiger partial charge in [0.15, 0.2) is 11.4 Å². The number of nitrogens with zero attached hydrogens (tertiary/aromatic N) is 4. The monoisotopic (exact) mass is 477 g/mol. The van der Waals surface area contributed by atoms with E-state index < -0.39 is 0 Å². The fourth-order valence-corrected chi connectivity index (χ4v) is 3.22. The summed E-state index contributed by atoms with van der Waals surface area (Å²) in [6, 6.07) is 7.24. The molecular formula is C23H32ClN5O4. The van der Waals surface area contributed by atoms with Crippen molar-refractivity contribution in [2.45, 2.75) is 53.0 Å². The molecule has 2 aromatic heterocycles. The minimum atomic E-state index is -0.187. The van der Waals surface area contributed by atoms with Gasteiger partial charge in [0.1, 0.15) is 12.3 Å². The molecule has 0 aliphatic heterocycles. The highest BCUT2D eigenvalue weighted by Crippen LogP contribution is 2.28. The van der Waals surface area contributed by atoms with Crippen LogP contribution in [0.5, 0.6) is 11.6 Å². The van der Waals surface area contributed by atoms with Gasteiger partial charge in [0.25, 0.3) is 0 Å². The van der Waals surface area contributed by atoms with Crippen LogP contribution in [0.2, 0.25) is 0 Å². The van der Waals surface area contributed by atoms with Crippen LogP contribution >= 0.6 is 12.4 Å². The lowest BCUT2D eigenvalue weighted by atomic mass is 9.85. The molecule has 0 saturated heterocycles. The Morgan fingerprint density at radius 1 is 1.15 bits per heavy atom. The van der Waals surface area contributed by atoms with E-state index in [1.165, 1.54) is 9.20 Å². The van der Waals surface area contributed by atoms with Gasteiger partial charge in [-0.2, -0.15) is 4.52 Å². The predicted molar refractivity (Wildman–Crippen MR) is 127 cm³/mol. The second-order valence-electron chi connectivity index (χ2n) is 8.66. The van der Waals surface area contributed by atoms with E-state index >= 15 is 0 Å². The SMILES string of the molecule is CCOc1cc(C)c2nn(CC(=O)c3cc(OCCCO)cc(C(C)(C)C)c3)c(=N)n2n1.Cl. The Balaban J connectivity index is 0.00000385. The van der Waals surface area contributed by atoms with Gasteiger partial charge in [0.05, 0.1) is 13.2 Å². The lowest BCUT2D eigenvalue weighted by molar-refractivity contribution is 0.0965. The number of ketones is 1. The van der Waals surface area contributed by atoms with Crippen molar-refractivity contribution in [3.05, 3.63) is 46.6 Å². The molecule has 2 N–H and O–H groups in total. The largest absolute Gasteiger partial charge is 0.493 e. The minimum absolute atomic E-state index is 0. The van der Waals surface area contributed by atoms with E-state index in [0.29, 0.717) is 42.5 Å². The van der Waals surface area contributed by atoms with Crippen molar-refractivity contribution in [1.29, 1.82) is 5.41 Å². The summed E-state index contributed by atoms with van der Waals surface area (Å²) in [6.45, 7) is 10.7. The van der Waals surface area contributed by atoms with Crippen LogP contribution in [-0.2, 0) is 12.0 Å². The number of hydrogen-bond acceptors (Lipinski definition) is 7. The molecule has 2 heterocycles. The first kappa shape index (κ1) is 26.3. The molecule has 0 fully saturated rings. The van der Waals surface area contributed by atoms with Gasteiger partial charge in [-0.15, -0.1) is 22.6 Å². The fourth-order valence-electron chi connectivity index (χ4n) is 3.22. The van der Waals surface area contributed by atoms with Gasteiger partial charge < -0.3 is 14.6 Å². The number of aliphatic hydroxyl groups excluding tert-OH is 1. The highest BCUT2D eigenvalue weighted by atomic mass is 35.5. The van der Waals surface area contributed by atoms with E-state index in [0.717, 1.165) is 11.1 Å². The molecule has 0 unspecified atom stereocenters. The van der Waals surface area contributed by atoms with Crippen molar-refractivity contribution in [2.75, 3.05) is 19.8 Å². The van der Waals surface area contributed by atoms with E-state index in [1.807, 2.05) is 26.0 Å². The molecule has 0 amide bonds. The minimum Gasteiger partial charge on any atom is -0.493 e. The van der Waals surface area contributed by atoms with Gasteiger partial charge in [-0.3, -0.25) is 10.2 Å². The number of aromatic nitrogens is 4. The number of carbonyl (C=O) groups excluding carboxylic acids is 1. The smallest absolute Gasteiger partial charge is 0.242 e. The summed E-state index contributed by atoms with van der Waals surface area (Å²) in [4.78, 5) is 13.2. The predicted octanol–water partition coefficient (Wildman–Crippen LogP) is 3.08. The number of nitrogens with one attached hydrogen (secondary N) is 1. The number of hydrogen-bond donors (Lipinski definition) is 2. The lowest BCUT2D eigenvalue weighted by Crippen LogP contribution is -2.26. The van der Waals surface area contributed by atoms with Crippen molar-refractivity contribution < 1.29 is 19.4 Å². The summed E-state index contributed by atoms with van der Waals surface area (Å²) in [5.74, 6) is 0.802. The Hall–Kier alpha value is -2.91. The lowest BCUT2D eigenvalue weighted by Gasteiger charge is -2.21. The molecule has 33 heavy (non-hydrogen) atoms. The molecule has 0 saturated carbocycles. The number of fused-ring (bicyclic) bond motifs is 1. The molecule has 0 atom stereocenters. The van der Waals surface area contributed by atoms with Crippen molar-refractivity contribution in [3.63, 3.8) is 0 Å². The van der Waals surface area contributed by atoms with Crippen LogP contribution in [0.25, 0.3) is 5.65 Å². The molecule has 0 aliphatic rings. The average molecular weight is 478 g/mol. The van der Waals surface area contributed by atoms with Crippen molar-refractivity contribution in [3.8, 4) is 11.6 Å². The zero-order valence-electron chi connectivity index (χ0n) is 19.7. The number of ether oxygens (including phenoxy) is 2. The van der Waals surface area contributed by atoms with Crippen molar-refractivity contribution in [1.82, 2.24) is 19.4 Å². The van der Waals surface area contributed by atoms with E-state index in [4.69, 9.17) is 20.0 Å². The van der Waals surface area contributed by atoms with Gasteiger partial charge >= 0.3 is 0 Å². The maximum Gasteiger partial charge on any atom is 0.242 e. The first-order chi connectivity index (χ1) is 15.1. The van der Waals surface area contributed by atoms with E-state index in [-0.39, 0.29) is 42.4 Å². The Kier molecular flexibility index (Phi) is 8.63. The average Bonchev–Trinajstić information content (AvgIpc) is 3.04. The van der Waals surface area contributed by atoms with Crippen molar-refractivity contribution >= 4 is 23.8 Å². The summed E-state index contributed by atoms with van der Waals surface area (Å²) in [7, 11) is 0. The van der Waals surface area contributed by atoms with Gasteiger partial charge in [-0.05, 0) is 43.0 Å².